The second kappa shape index (κ2) is 13.5. The number of halogens is 1. The van der Waals surface area contributed by atoms with Crippen molar-refractivity contribution in [3.63, 3.8) is 0 Å². The van der Waals surface area contributed by atoms with Crippen LogP contribution in [0.3, 0.4) is 0 Å². The highest BCUT2D eigenvalue weighted by Crippen LogP contribution is 2.22. The van der Waals surface area contributed by atoms with Crippen molar-refractivity contribution in [3.8, 4) is 5.75 Å². The maximum absolute atomic E-state index is 13.5. The molecule has 210 valence electrons. The summed E-state index contributed by atoms with van der Waals surface area (Å²) in [5.41, 5.74) is 0.704. The van der Waals surface area contributed by atoms with Crippen molar-refractivity contribution >= 4 is 27.5 Å². The molecule has 2 aliphatic heterocycles. The Morgan fingerprint density at radius 2 is 1.72 bits per heavy atom. The van der Waals surface area contributed by atoms with Gasteiger partial charge in [-0.05, 0) is 60.7 Å². The highest BCUT2D eigenvalue weighted by Gasteiger charge is 2.33. The van der Waals surface area contributed by atoms with Crippen molar-refractivity contribution in [2.75, 3.05) is 19.5 Å². The van der Waals surface area contributed by atoms with Gasteiger partial charge in [-0.2, -0.15) is 0 Å². The van der Waals surface area contributed by atoms with Gasteiger partial charge in [0.15, 0.2) is 15.6 Å². The fourth-order valence-electron chi connectivity index (χ4n) is 4.40. The molecule has 1 N–H and O–H groups in total. The van der Waals surface area contributed by atoms with Crippen molar-refractivity contribution in [1.82, 2.24) is 5.32 Å². The fraction of sp³-hybridized carbons (Fsp3) is 0.414. The van der Waals surface area contributed by atoms with Crippen LogP contribution in [0, 0.1) is 23.6 Å². The molecule has 0 fully saturated rings. The number of ether oxygens (including phenoxy) is 2. The standard InChI is InChI=1S/C29H34FNO7S/c1-19(2)27-26(32)17-21(29(34)37-3)6-4-5-15-38-24-11-7-20(8-12-24)16-22(28(33)31-27)18-39(35,36)25-13-9-23(30)10-14-25/h4-5,7-14,19,21-22,27H,6,15-18H2,1-3H3,(H,31,33)/b5-4-/t21-,22-,27+/m1/s1. The first-order valence-corrected chi connectivity index (χ1v) is 14.4. The predicted molar refractivity (Wildman–Crippen MR) is 143 cm³/mol. The Labute approximate surface area is 228 Å². The molecule has 0 aliphatic carbocycles. The third-order valence-corrected chi connectivity index (χ3v) is 8.43. The fourth-order valence-corrected chi connectivity index (χ4v) is 5.94. The molecule has 3 atom stereocenters. The summed E-state index contributed by atoms with van der Waals surface area (Å²) < 4.78 is 50.4. The van der Waals surface area contributed by atoms with Gasteiger partial charge in [0.25, 0.3) is 0 Å². The van der Waals surface area contributed by atoms with Crippen LogP contribution in [-0.4, -0.2) is 51.6 Å². The number of rotatable bonds is 5. The first-order valence-electron chi connectivity index (χ1n) is 12.8. The number of methoxy groups -OCH3 is 1. The van der Waals surface area contributed by atoms with Gasteiger partial charge in [-0.3, -0.25) is 14.4 Å². The molecule has 2 aliphatic rings. The van der Waals surface area contributed by atoms with Gasteiger partial charge in [0.2, 0.25) is 5.91 Å². The number of allylic oxidation sites excluding steroid dienone is 1. The molecule has 2 aromatic rings. The van der Waals surface area contributed by atoms with E-state index in [-0.39, 0.29) is 42.5 Å². The predicted octanol–water partition coefficient (Wildman–Crippen LogP) is 3.69. The number of fused-ring (bicyclic) bond motifs is 13. The minimum absolute atomic E-state index is 0.0796. The van der Waals surface area contributed by atoms with Gasteiger partial charge in [-0.25, -0.2) is 12.8 Å². The number of ketones is 1. The summed E-state index contributed by atoms with van der Waals surface area (Å²) in [5.74, 6) is -4.16. The molecule has 0 spiro atoms. The number of esters is 1. The molecule has 0 aromatic heterocycles. The minimum Gasteiger partial charge on any atom is -0.490 e. The lowest BCUT2D eigenvalue weighted by atomic mass is 9.90. The summed E-state index contributed by atoms with van der Waals surface area (Å²) >= 11 is 0. The van der Waals surface area contributed by atoms with Crippen molar-refractivity contribution in [3.05, 3.63) is 72.1 Å². The van der Waals surface area contributed by atoms with E-state index < -0.39 is 51.2 Å². The second-order valence-electron chi connectivity index (χ2n) is 9.92. The molecule has 2 bridgehead atoms. The number of sulfone groups is 1. The summed E-state index contributed by atoms with van der Waals surface area (Å²) in [6, 6.07) is 10.4. The van der Waals surface area contributed by atoms with Gasteiger partial charge in [0.05, 0.1) is 35.6 Å². The molecule has 2 aromatic carbocycles. The van der Waals surface area contributed by atoms with E-state index in [0.717, 1.165) is 24.3 Å². The maximum atomic E-state index is 13.5. The van der Waals surface area contributed by atoms with Crippen LogP contribution in [0.25, 0.3) is 0 Å². The molecule has 0 saturated heterocycles. The smallest absolute Gasteiger partial charge is 0.309 e. The van der Waals surface area contributed by atoms with Gasteiger partial charge in [-0.1, -0.05) is 38.1 Å². The number of nitrogens with one attached hydrogen (secondary N) is 1. The molecule has 0 unspecified atom stereocenters. The van der Waals surface area contributed by atoms with Crippen LogP contribution in [0.4, 0.5) is 4.39 Å². The largest absolute Gasteiger partial charge is 0.490 e. The zero-order chi connectivity index (χ0) is 28.6. The van der Waals surface area contributed by atoms with E-state index in [9.17, 15) is 27.2 Å². The van der Waals surface area contributed by atoms with E-state index in [2.05, 4.69) is 5.32 Å². The minimum atomic E-state index is -3.97. The molecule has 0 radical (unpaired) electrons. The van der Waals surface area contributed by atoms with Crippen molar-refractivity contribution in [2.45, 2.75) is 44.0 Å². The van der Waals surface area contributed by atoms with Crippen molar-refractivity contribution in [1.29, 1.82) is 0 Å². The van der Waals surface area contributed by atoms with Crippen molar-refractivity contribution < 1.29 is 36.7 Å². The monoisotopic (exact) mass is 559 g/mol. The SMILES string of the molecule is COC(=O)[C@@H]1C/C=C\COc2ccc(cc2)C[C@H](CS(=O)(=O)c2ccc(F)cc2)C(=O)N[C@@H](C(C)C)C(=O)C1. The normalized spacial score (nSPS) is 22.0. The van der Waals surface area contributed by atoms with Gasteiger partial charge in [0, 0.05) is 6.42 Å². The van der Waals surface area contributed by atoms with Crippen LogP contribution in [0.1, 0.15) is 32.3 Å². The van der Waals surface area contributed by atoms with Crippen LogP contribution in [0.15, 0.2) is 65.6 Å². The highest BCUT2D eigenvalue weighted by molar-refractivity contribution is 7.91. The molecule has 39 heavy (non-hydrogen) atoms. The number of hydrogen-bond acceptors (Lipinski definition) is 7. The number of Topliss-reactive ketones (excluding diaryl/α,β-unsaturated/α-hetero) is 1. The van der Waals surface area contributed by atoms with Gasteiger partial charge >= 0.3 is 5.97 Å². The number of hydrogen-bond donors (Lipinski definition) is 1. The Balaban J connectivity index is 1.97. The van der Waals surface area contributed by atoms with Crippen LogP contribution >= 0.6 is 0 Å². The zero-order valence-corrected chi connectivity index (χ0v) is 23.1. The van der Waals surface area contributed by atoms with Crippen molar-refractivity contribution in [2.24, 2.45) is 17.8 Å². The van der Waals surface area contributed by atoms with Gasteiger partial charge < -0.3 is 14.8 Å². The third kappa shape index (κ3) is 8.48. The Hall–Kier alpha value is -3.53. The topological polar surface area (TPSA) is 116 Å². The lowest BCUT2D eigenvalue weighted by molar-refractivity contribution is -0.147. The summed E-state index contributed by atoms with van der Waals surface area (Å²) in [5, 5.41) is 2.75. The number of amides is 1. The molecule has 0 saturated carbocycles. The van der Waals surface area contributed by atoms with E-state index in [0.29, 0.717) is 11.3 Å². The lowest BCUT2D eigenvalue weighted by Gasteiger charge is -2.26. The Morgan fingerprint density at radius 1 is 1.05 bits per heavy atom. The zero-order valence-electron chi connectivity index (χ0n) is 22.3. The number of carbonyl (C=O) groups excluding carboxylic acids is 3. The van der Waals surface area contributed by atoms with Crippen LogP contribution in [0.2, 0.25) is 0 Å². The highest BCUT2D eigenvalue weighted by atomic mass is 32.2. The molecular weight excluding hydrogens is 525 g/mol. The number of benzene rings is 2. The summed E-state index contributed by atoms with van der Waals surface area (Å²) in [6.07, 6.45) is 3.68. The van der Waals surface area contributed by atoms with Crippen LogP contribution in [0.5, 0.6) is 5.75 Å². The summed E-state index contributed by atoms with van der Waals surface area (Å²) in [4.78, 5) is 39.1. The average Bonchev–Trinajstić information content (AvgIpc) is 2.90. The quantitative estimate of drug-likeness (QED) is 0.338. The summed E-state index contributed by atoms with van der Waals surface area (Å²) in [7, 11) is -2.72. The maximum Gasteiger partial charge on any atom is 0.309 e. The number of carbonyl (C=O) groups is 3. The molecule has 8 nitrogen and oxygen atoms in total. The first kappa shape index (κ1) is 30.0. The van der Waals surface area contributed by atoms with E-state index in [1.54, 1.807) is 50.3 Å². The Bertz CT molecular complexity index is 1290. The molecule has 1 amide bonds. The third-order valence-electron chi connectivity index (χ3n) is 6.60. The average molecular weight is 560 g/mol. The molecule has 2 heterocycles. The van der Waals surface area contributed by atoms with E-state index in [1.807, 2.05) is 0 Å². The van der Waals surface area contributed by atoms with Crippen LogP contribution < -0.4 is 10.1 Å². The second-order valence-corrected chi connectivity index (χ2v) is 12.0. The Morgan fingerprint density at radius 3 is 2.33 bits per heavy atom. The lowest BCUT2D eigenvalue weighted by Crippen LogP contribution is -2.48. The Kier molecular flexibility index (Phi) is 10.4. The van der Waals surface area contributed by atoms with E-state index in [1.165, 1.54) is 7.11 Å². The molecular formula is C29H34FNO7S. The van der Waals surface area contributed by atoms with Gasteiger partial charge in [0.1, 0.15) is 18.2 Å². The van der Waals surface area contributed by atoms with E-state index in [4.69, 9.17) is 9.47 Å². The first-order chi connectivity index (χ1) is 18.5. The van der Waals surface area contributed by atoms with Gasteiger partial charge in [-0.15, -0.1) is 0 Å². The molecule has 4 rings (SSSR count). The summed E-state index contributed by atoms with van der Waals surface area (Å²) in [6.45, 7) is 3.77. The van der Waals surface area contributed by atoms with Crippen LogP contribution in [-0.2, 0) is 35.4 Å². The van der Waals surface area contributed by atoms with E-state index >= 15 is 0 Å². The molecule has 10 heteroatoms.